The minimum absolute atomic E-state index is 0.173. The summed E-state index contributed by atoms with van der Waals surface area (Å²) in [7, 11) is 0. The van der Waals surface area contributed by atoms with Crippen molar-refractivity contribution in [2.75, 3.05) is 19.7 Å². The zero-order chi connectivity index (χ0) is 18.5. The molecule has 0 spiro atoms. The molecule has 0 bridgehead atoms. The molecule has 2 heterocycles. The molecule has 138 valence electrons. The van der Waals surface area contributed by atoms with E-state index >= 15 is 0 Å². The summed E-state index contributed by atoms with van der Waals surface area (Å²) in [6, 6.07) is 6.46. The lowest BCUT2D eigenvalue weighted by molar-refractivity contribution is -0.141. The molecule has 1 saturated heterocycles. The fourth-order valence-electron chi connectivity index (χ4n) is 2.84. The molecular formula is C17H19ClN4O4. The summed E-state index contributed by atoms with van der Waals surface area (Å²) >= 11 is 5.99. The van der Waals surface area contributed by atoms with Gasteiger partial charge in [0.05, 0.1) is 6.61 Å². The van der Waals surface area contributed by atoms with Crippen molar-refractivity contribution in [3.63, 3.8) is 0 Å². The number of aromatic nitrogens is 2. The van der Waals surface area contributed by atoms with Crippen molar-refractivity contribution in [3.05, 3.63) is 35.2 Å². The van der Waals surface area contributed by atoms with E-state index in [1.54, 1.807) is 30.0 Å². The van der Waals surface area contributed by atoms with Gasteiger partial charge in [-0.1, -0.05) is 28.9 Å². The first-order valence-corrected chi connectivity index (χ1v) is 8.76. The Morgan fingerprint density at radius 1 is 1.46 bits per heavy atom. The highest BCUT2D eigenvalue weighted by molar-refractivity contribution is 6.30. The summed E-state index contributed by atoms with van der Waals surface area (Å²) in [4.78, 5) is 29.8. The van der Waals surface area contributed by atoms with E-state index in [0.29, 0.717) is 29.7 Å². The normalized spacial score (nSPS) is 16.5. The van der Waals surface area contributed by atoms with Crippen LogP contribution in [0.3, 0.4) is 0 Å². The summed E-state index contributed by atoms with van der Waals surface area (Å²) in [5.41, 5.74) is 0.740. The average molecular weight is 379 g/mol. The van der Waals surface area contributed by atoms with Crippen molar-refractivity contribution in [3.8, 4) is 11.4 Å². The van der Waals surface area contributed by atoms with E-state index in [0.717, 1.165) is 12.0 Å². The second-order valence-corrected chi connectivity index (χ2v) is 6.22. The van der Waals surface area contributed by atoms with Gasteiger partial charge in [-0.15, -0.1) is 0 Å². The third-order valence-electron chi connectivity index (χ3n) is 4.01. The third kappa shape index (κ3) is 4.13. The quantitative estimate of drug-likeness (QED) is 0.803. The zero-order valence-corrected chi connectivity index (χ0v) is 15.0. The van der Waals surface area contributed by atoms with E-state index in [2.05, 4.69) is 15.5 Å². The lowest BCUT2D eigenvalue weighted by atomic mass is 10.2. The highest BCUT2D eigenvalue weighted by atomic mass is 35.5. The van der Waals surface area contributed by atoms with E-state index in [1.807, 2.05) is 6.07 Å². The second kappa shape index (κ2) is 8.18. The van der Waals surface area contributed by atoms with Crippen LogP contribution in [0.15, 0.2) is 28.8 Å². The van der Waals surface area contributed by atoms with Gasteiger partial charge in [0.1, 0.15) is 12.6 Å². The van der Waals surface area contributed by atoms with Gasteiger partial charge in [0, 0.05) is 17.1 Å². The maximum atomic E-state index is 12.4. The monoisotopic (exact) mass is 378 g/mol. The number of hydrogen-bond acceptors (Lipinski definition) is 6. The van der Waals surface area contributed by atoms with Crippen LogP contribution < -0.4 is 5.32 Å². The van der Waals surface area contributed by atoms with Crippen LogP contribution in [0.2, 0.25) is 5.02 Å². The van der Waals surface area contributed by atoms with Crippen molar-refractivity contribution >= 4 is 23.6 Å². The van der Waals surface area contributed by atoms with E-state index in [1.165, 1.54) is 0 Å². The number of carbonyl (C=O) groups is 2. The standard InChI is InChI=1S/C17H19ClN4O4/c1-2-25-14(23)10-19-17(24)22-8-4-7-13(22)16-20-15(21-26-16)11-5-3-6-12(18)9-11/h3,5-6,9,13H,2,4,7-8,10H2,1H3,(H,19,24). The van der Waals surface area contributed by atoms with Crippen LogP contribution in [0.5, 0.6) is 0 Å². The molecule has 1 N–H and O–H groups in total. The highest BCUT2D eigenvalue weighted by Gasteiger charge is 2.34. The van der Waals surface area contributed by atoms with E-state index in [-0.39, 0.29) is 25.2 Å². The number of nitrogens with one attached hydrogen (secondary N) is 1. The maximum Gasteiger partial charge on any atom is 0.325 e. The first kappa shape index (κ1) is 18.2. The summed E-state index contributed by atoms with van der Waals surface area (Å²) in [5, 5.41) is 7.13. The van der Waals surface area contributed by atoms with Gasteiger partial charge >= 0.3 is 12.0 Å². The van der Waals surface area contributed by atoms with Gasteiger partial charge in [0.2, 0.25) is 11.7 Å². The molecule has 1 unspecified atom stereocenters. The number of benzene rings is 1. The first-order valence-electron chi connectivity index (χ1n) is 8.38. The number of likely N-dealkylation sites (tertiary alicyclic amines) is 1. The van der Waals surface area contributed by atoms with E-state index in [9.17, 15) is 9.59 Å². The smallest absolute Gasteiger partial charge is 0.325 e. The molecular weight excluding hydrogens is 360 g/mol. The molecule has 1 aliphatic rings. The van der Waals surface area contributed by atoms with Crippen LogP contribution in [0.1, 0.15) is 31.7 Å². The minimum Gasteiger partial charge on any atom is -0.465 e. The summed E-state index contributed by atoms with van der Waals surface area (Å²) < 4.78 is 10.2. The van der Waals surface area contributed by atoms with Gasteiger partial charge in [0.15, 0.2) is 0 Å². The number of urea groups is 1. The van der Waals surface area contributed by atoms with E-state index < -0.39 is 5.97 Å². The van der Waals surface area contributed by atoms with Crippen LogP contribution in [-0.4, -0.2) is 46.7 Å². The SMILES string of the molecule is CCOC(=O)CNC(=O)N1CCCC1c1nc(-c2cccc(Cl)c2)no1. The Morgan fingerprint density at radius 2 is 2.31 bits per heavy atom. The number of amides is 2. The number of rotatable bonds is 5. The fraction of sp³-hybridized carbons (Fsp3) is 0.412. The van der Waals surface area contributed by atoms with Crippen LogP contribution in [0.4, 0.5) is 4.79 Å². The van der Waals surface area contributed by atoms with Crippen LogP contribution >= 0.6 is 11.6 Å². The fourth-order valence-corrected chi connectivity index (χ4v) is 3.03. The first-order chi connectivity index (χ1) is 12.6. The maximum absolute atomic E-state index is 12.4. The molecule has 1 aromatic carbocycles. The van der Waals surface area contributed by atoms with Crippen molar-refractivity contribution in [1.29, 1.82) is 0 Å². The number of carbonyl (C=O) groups excluding carboxylic acids is 2. The molecule has 2 amide bonds. The Bertz CT molecular complexity index is 795. The highest BCUT2D eigenvalue weighted by Crippen LogP contribution is 2.32. The Morgan fingerprint density at radius 3 is 3.08 bits per heavy atom. The Kier molecular flexibility index (Phi) is 5.72. The molecule has 8 nitrogen and oxygen atoms in total. The average Bonchev–Trinajstić information content (AvgIpc) is 3.29. The zero-order valence-electron chi connectivity index (χ0n) is 14.3. The van der Waals surface area contributed by atoms with Crippen molar-refractivity contribution < 1.29 is 18.8 Å². The molecule has 3 rings (SSSR count). The van der Waals surface area contributed by atoms with Crippen molar-refractivity contribution in [1.82, 2.24) is 20.4 Å². The van der Waals surface area contributed by atoms with Gasteiger partial charge in [-0.25, -0.2) is 4.79 Å². The van der Waals surface area contributed by atoms with Gasteiger partial charge in [-0.2, -0.15) is 4.98 Å². The molecule has 2 aromatic rings. The summed E-state index contributed by atoms with van der Waals surface area (Å²) in [6.45, 7) is 2.36. The lowest BCUT2D eigenvalue weighted by Gasteiger charge is -2.21. The molecule has 0 saturated carbocycles. The Labute approximate surface area is 155 Å². The number of esters is 1. The van der Waals surface area contributed by atoms with E-state index in [4.69, 9.17) is 20.9 Å². The lowest BCUT2D eigenvalue weighted by Crippen LogP contribution is -2.42. The predicted molar refractivity (Wildman–Crippen MR) is 93.5 cm³/mol. The summed E-state index contributed by atoms with van der Waals surface area (Å²) in [5.74, 6) is 0.308. The molecule has 1 aliphatic heterocycles. The van der Waals surface area contributed by atoms with Gasteiger partial charge < -0.3 is 19.5 Å². The van der Waals surface area contributed by atoms with Crippen molar-refractivity contribution in [2.45, 2.75) is 25.8 Å². The van der Waals surface area contributed by atoms with Gasteiger partial charge in [0.25, 0.3) is 0 Å². The van der Waals surface area contributed by atoms with Crippen LogP contribution in [0, 0.1) is 0 Å². The number of halogens is 1. The molecule has 0 radical (unpaired) electrons. The van der Waals surface area contributed by atoms with Gasteiger partial charge in [-0.3, -0.25) is 4.79 Å². The Balaban J connectivity index is 1.68. The molecule has 1 atom stereocenters. The predicted octanol–water partition coefficient (Wildman–Crippen LogP) is 2.80. The molecule has 26 heavy (non-hydrogen) atoms. The number of hydrogen-bond donors (Lipinski definition) is 1. The van der Waals surface area contributed by atoms with Crippen molar-refractivity contribution in [2.24, 2.45) is 0 Å². The largest absolute Gasteiger partial charge is 0.465 e. The van der Waals surface area contributed by atoms with Crippen LogP contribution in [0.25, 0.3) is 11.4 Å². The topological polar surface area (TPSA) is 97.6 Å². The third-order valence-corrected chi connectivity index (χ3v) is 4.25. The Hall–Kier alpha value is -2.61. The van der Waals surface area contributed by atoms with Gasteiger partial charge in [-0.05, 0) is 31.9 Å². The molecule has 1 fully saturated rings. The minimum atomic E-state index is -0.474. The van der Waals surface area contributed by atoms with Crippen LogP contribution in [-0.2, 0) is 9.53 Å². The second-order valence-electron chi connectivity index (χ2n) is 5.78. The number of nitrogens with zero attached hydrogens (tertiary/aromatic N) is 3. The molecule has 1 aromatic heterocycles. The molecule has 9 heteroatoms. The number of ether oxygens (including phenoxy) is 1. The summed E-state index contributed by atoms with van der Waals surface area (Å²) in [6.07, 6.45) is 1.52. The molecule has 0 aliphatic carbocycles.